The van der Waals surface area contributed by atoms with Gasteiger partial charge in [-0.15, -0.1) is 0 Å². The monoisotopic (exact) mass is 309 g/mol. The van der Waals surface area contributed by atoms with Gasteiger partial charge in [-0.05, 0) is 31.9 Å². The van der Waals surface area contributed by atoms with Gasteiger partial charge in [-0.3, -0.25) is 9.18 Å². The van der Waals surface area contributed by atoms with Gasteiger partial charge < -0.3 is 10.0 Å². The largest absolute Gasteiger partial charge is 0.391 e. The van der Waals surface area contributed by atoms with Crippen molar-refractivity contribution in [2.45, 2.75) is 26.4 Å². The van der Waals surface area contributed by atoms with Gasteiger partial charge in [-0.2, -0.15) is 0 Å². The van der Waals surface area contributed by atoms with E-state index < -0.39 is 0 Å². The third-order valence-electron chi connectivity index (χ3n) is 2.78. The fraction of sp³-hybridized carbons (Fsp3) is 0.389. The van der Waals surface area contributed by atoms with Crippen LogP contribution in [0.2, 0.25) is 0 Å². The maximum atomic E-state index is 10.9. The van der Waals surface area contributed by atoms with E-state index in [9.17, 15) is 9.18 Å². The van der Waals surface area contributed by atoms with E-state index in [0.717, 1.165) is 11.1 Å². The number of aliphatic hydroxyl groups is 1. The standard InChI is InChI=1S/C10H14.C7H11NO2.CH3F/c1-5-10(6-2)8-7-9(3)4;1-2-7(10)8-4-3-6(9)5-8;1-2/h5-8H,1,3H2,2,4H3;2,6,9H,1,3-5H2;1H3/b8-7-,10-6-;;. The Labute approximate surface area is 133 Å². The van der Waals surface area contributed by atoms with E-state index >= 15 is 0 Å². The van der Waals surface area contributed by atoms with Crippen LogP contribution < -0.4 is 0 Å². The summed E-state index contributed by atoms with van der Waals surface area (Å²) in [6.07, 6.45) is 9.43. The molecule has 124 valence electrons. The van der Waals surface area contributed by atoms with Crippen LogP contribution in [0.3, 0.4) is 0 Å². The van der Waals surface area contributed by atoms with Crippen molar-refractivity contribution in [3.63, 3.8) is 0 Å². The number of amides is 1. The van der Waals surface area contributed by atoms with E-state index in [1.165, 1.54) is 6.08 Å². The van der Waals surface area contributed by atoms with Crippen LogP contribution in [0.15, 0.2) is 61.3 Å². The van der Waals surface area contributed by atoms with Crippen molar-refractivity contribution in [3.8, 4) is 0 Å². The summed E-state index contributed by atoms with van der Waals surface area (Å²) in [5, 5.41) is 9.02. The molecule has 3 nitrogen and oxygen atoms in total. The number of carbonyl (C=O) groups excluding carboxylic acids is 1. The molecule has 1 rings (SSSR count). The first-order valence-corrected chi connectivity index (χ1v) is 7.04. The van der Waals surface area contributed by atoms with Crippen LogP contribution >= 0.6 is 0 Å². The summed E-state index contributed by atoms with van der Waals surface area (Å²) in [6.45, 7) is 15.8. The maximum Gasteiger partial charge on any atom is 0.246 e. The van der Waals surface area contributed by atoms with Crippen LogP contribution in [0.1, 0.15) is 20.3 Å². The molecule has 0 aliphatic carbocycles. The lowest BCUT2D eigenvalue weighted by atomic mass is 10.2. The molecule has 22 heavy (non-hydrogen) atoms. The molecule has 1 amide bonds. The van der Waals surface area contributed by atoms with Crippen LogP contribution in [0.25, 0.3) is 0 Å². The molecule has 1 aliphatic rings. The lowest BCUT2D eigenvalue weighted by molar-refractivity contribution is -0.125. The van der Waals surface area contributed by atoms with Crippen molar-refractivity contribution < 1.29 is 14.3 Å². The SMILES string of the molecule is C=CC(/C=C\C(=C)C)=C/C.C=CC(=O)N1CCC(O)C1.CF. The molecule has 0 radical (unpaired) electrons. The first-order chi connectivity index (χ1) is 10.4. The lowest BCUT2D eigenvalue weighted by Crippen LogP contribution is -2.27. The number of alkyl halides is 1. The van der Waals surface area contributed by atoms with Crippen LogP contribution in [-0.4, -0.2) is 42.3 Å². The quantitative estimate of drug-likeness (QED) is 0.637. The molecule has 1 unspecified atom stereocenters. The average Bonchev–Trinajstić information content (AvgIpc) is 2.96. The molecule has 1 atom stereocenters. The third kappa shape index (κ3) is 10.8. The number of rotatable bonds is 4. The Balaban J connectivity index is 0. The molecule has 0 spiro atoms. The number of hydrogen-bond acceptors (Lipinski definition) is 2. The van der Waals surface area contributed by atoms with Gasteiger partial charge in [0.05, 0.1) is 13.3 Å². The summed E-state index contributed by atoms with van der Waals surface area (Å²) >= 11 is 0. The number of likely N-dealkylation sites (tertiary alicyclic amines) is 1. The molecule has 1 fully saturated rings. The van der Waals surface area contributed by atoms with Crippen molar-refractivity contribution in [1.29, 1.82) is 0 Å². The molecule has 4 heteroatoms. The van der Waals surface area contributed by atoms with Gasteiger partial charge in [0.15, 0.2) is 0 Å². The second kappa shape index (κ2) is 14.0. The van der Waals surface area contributed by atoms with Gasteiger partial charge in [0.1, 0.15) is 0 Å². The molecule has 1 aliphatic heterocycles. The van der Waals surface area contributed by atoms with Crippen LogP contribution in [0, 0.1) is 0 Å². The number of allylic oxidation sites excluding steroid dienone is 6. The zero-order valence-electron chi connectivity index (χ0n) is 13.9. The first-order valence-electron chi connectivity index (χ1n) is 7.04. The van der Waals surface area contributed by atoms with E-state index in [1.54, 1.807) is 4.90 Å². The average molecular weight is 309 g/mol. The zero-order chi connectivity index (χ0) is 17.5. The van der Waals surface area contributed by atoms with E-state index in [4.69, 9.17) is 5.11 Å². The number of hydrogen-bond donors (Lipinski definition) is 1. The van der Waals surface area contributed by atoms with E-state index in [1.807, 2.05) is 38.2 Å². The van der Waals surface area contributed by atoms with Gasteiger partial charge >= 0.3 is 0 Å². The third-order valence-corrected chi connectivity index (χ3v) is 2.78. The Hall–Kier alpha value is -1.94. The first kappa shape index (κ1) is 22.3. The van der Waals surface area contributed by atoms with Gasteiger partial charge in [-0.1, -0.05) is 49.6 Å². The number of aliphatic hydroxyl groups excluding tert-OH is 1. The summed E-state index contributed by atoms with van der Waals surface area (Å²) in [7, 11) is 0.500. The highest BCUT2D eigenvalue weighted by Gasteiger charge is 2.22. The minimum atomic E-state index is -0.330. The number of nitrogens with zero attached hydrogens (tertiary/aromatic N) is 1. The Morgan fingerprint density at radius 3 is 2.18 bits per heavy atom. The van der Waals surface area contributed by atoms with Gasteiger partial charge in [-0.25, -0.2) is 0 Å². The minimum absolute atomic E-state index is 0.0865. The molecular formula is C18H28FNO2. The summed E-state index contributed by atoms with van der Waals surface area (Å²) in [6, 6.07) is 0. The number of halogens is 1. The van der Waals surface area contributed by atoms with Crippen molar-refractivity contribution in [2.75, 3.05) is 20.3 Å². The van der Waals surface area contributed by atoms with Gasteiger partial charge in [0.2, 0.25) is 5.91 Å². The molecule has 1 N–H and O–H groups in total. The molecule has 0 aromatic rings. The summed E-state index contributed by atoms with van der Waals surface area (Å²) in [4.78, 5) is 12.5. The Kier molecular flexibility index (Phi) is 14.2. The van der Waals surface area contributed by atoms with E-state index in [-0.39, 0.29) is 12.0 Å². The van der Waals surface area contributed by atoms with E-state index in [2.05, 4.69) is 19.7 Å². The van der Waals surface area contributed by atoms with Crippen LogP contribution in [0.5, 0.6) is 0 Å². The highest BCUT2D eigenvalue weighted by atomic mass is 19.1. The van der Waals surface area contributed by atoms with Crippen LogP contribution in [-0.2, 0) is 4.79 Å². The Bertz CT molecular complexity index is 425. The second-order valence-corrected chi connectivity index (χ2v) is 4.60. The fourth-order valence-corrected chi connectivity index (χ4v) is 1.59. The van der Waals surface area contributed by atoms with Gasteiger partial charge in [0.25, 0.3) is 0 Å². The minimum Gasteiger partial charge on any atom is -0.391 e. The number of carbonyl (C=O) groups is 1. The maximum absolute atomic E-state index is 10.9. The summed E-state index contributed by atoms with van der Waals surface area (Å²) in [5.74, 6) is -0.0865. The zero-order valence-corrected chi connectivity index (χ0v) is 13.9. The summed E-state index contributed by atoms with van der Waals surface area (Å²) < 4.78 is 9.50. The molecular weight excluding hydrogens is 281 g/mol. The van der Waals surface area contributed by atoms with E-state index in [0.29, 0.717) is 26.7 Å². The molecule has 0 saturated carbocycles. The van der Waals surface area contributed by atoms with Crippen molar-refractivity contribution in [1.82, 2.24) is 4.90 Å². The van der Waals surface area contributed by atoms with Crippen LogP contribution in [0.4, 0.5) is 4.39 Å². The molecule has 0 bridgehead atoms. The Morgan fingerprint density at radius 1 is 1.27 bits per heavy atom. The van der Waals surface area contributed by atoms with Crippen molar-refractivity contribution in [2.24, 2.45) is 0 Å². The Morgan fingerprint density at radius 2 is 1.86 bits per heavy atom. The predicted octanol–water partition coefficient (Wildman–Crippen LogP) is 3.60. The number of β-amino-alcohol motifs (C(OH)–C–C–N with tert-alkyl or cyclic N) is 1. The molecule has 0 aromatic heterocycles. The molecule has 1 saturated heterocycles. The molecule has 1 heterocycles. The second-order valence-electron chi connectivity index (χ2n) is 4.60. The predicted molar refractivity (Wildman–Crippen MR) is 92.3 cm³/mol. The lowest BCUT2D eigenvalue weighted by Gasteiger charge is -2.11. The fourth-order valence-electron chi connectivity index (χ4n) is 1.59. The smallest absolute Gasteiger partial charge is 0.246 e. The molecule has 0 aromatic carbocycles. The van der Waals surface area contributed by atoms with Crippen molar-refractivity contribution in [3.05, 3.63) is 61.3 Å². The van der Waals surface area contributed by atoms with Gasteiger partial charge in [0, 0.05) is 13.1 Å². The van der Waals surface area contributed by atoms with Crippen molar-refractivity contribution >= 4 is 5.91 Å². The normalized spacial score (nSPS) is 17.0. The highest BCUT2D eigenvalue weighted by Crippen LogP contribution is 2.08. The highest BCUT2D eigenvalue weighted by molar-refractivity contribution is 5.87. The topological polar surface area (TPSA) is 40.5 Å². The summed E-state index contributed by atoms with van der Waals surface area (Å²) in [5.41, 5.74) is 2.18.